The molecule has 0 aliphatic carbocycles. The van der Waals surface area contributed by atoms with Crippen LogP contribution >= 0.6 is 11.6 Å². The van der Waals surface area contributed by atoms with Gasteiger partial charge in [-0.1, -0.05) is 23.7 Å². The summed E-state index contributed by atoms with van der Waals surface area (Å²) in [4.78, 5) is 4.78. The Morgan fingerprint density at radius 3 is 2.38 bits per heavy atom. The van der Waals surface area contributed by atoms with Crippen molar-refractivity contribution in [2.24, 2.45) is 0 Å². The van der Waals surface area contributed by atoms with Crippen LogP contribution in [-0.4, -0.2) is 67.5 Å². The molecule has 0 bridgehead atoms. The number of hydrogen-bond donors (Lipinski definition) is 1. The van der Waals surface area contributed by atoms with Crippen LogP contribution in [-0.2, 0) is 4.74 Å². The lowest BCUT2D eigenvalue weighted by molar-refractivity contribution is 0.0190. The van der Waals surface area contributed by atoms with E-state index in [1.165, 1.54) is 5.56 Å². The van der Waals surface area contributed by atoms with Crippen molar-refractivity contribution in [3.8, 4) is 0 Å². The second kappa shape index (κ2) is 8.11. The first-order valence-corrected chi connectivity index (χ1v) is 7.87. The molecule has 21 heavy (non-hydrogen) atoms. The molecule has 1 aromatic carbocycles. The largest absolute Gasteiger partial charge is 0.389 e. The topological polar surface area (TPSA) is 35.9 Å². The van der Waals surface area contributed by atoms with E-state index in [2.05, 4.69) is 28.9 Å². The van der Waals surface area contributed by atoms with Crippen molar-refractivity contribution < 1.29 is 9.84 Å². The zero-order chi connectivity index (χ0) is 15.2. The SMILES string of the molecule is COC[C@@H](O)CN1CCN([C@@H](C)c2ccc(Cl)cc2)CC1. The third-order valence-corrected chi connectivity index (χ3v) is 4.39. The number of methoxy groups -OCH3 is 1. The molecule has 0 radical (unpaired) electrons. The maximum Gasteiger partial charge on any atom is 0.0900 e. The van der Waals surface area contributed by atoms with Crippen molar-refractivity contribution in [3.05, 3.63) is 34.9 Å². The fraction of sp³-hybridized carbons (Fsp3) is 0.625. The molecular weight excluding hydrogens is 288 g/mol. The number of rotatable bonds is 6. The fourth-order valence-corrected chi connectivity index (χ4v) is 2.95. The monoisotopic (exact) mass is 312 g/mol. The van der Waals surface area contributed by atoms with Gasteiger partial charge in [-0.05, 0) is 24.6 Å². The smallest absolute Gasteiger partial charge is 0.0900 e. The van der Waals surface area contributed by atoms with E-state index in [0.717, 1.165) is 31.2 Å². The van der Waals surface area contributed by atoms with Gasteiger partial charge < -0.3 is 9.84 Å². The first-order chi connectivity index (χ1) is 10.1. The van der Waals surface area contributed by atoms with Gasteiger partial charge in [-0.3, -0.25) is 9.80 Å². The van der Waals surface area contributed by atoms with E-state index in [9.17, 15) is 5.11 Å². The van der Waals surface area contributed by atoms with Gasteiger partial charge in [0.05, 0.1) is 12.7 Å². The second-order valence-electron chi connectivity index (χ2n) is 5.67. The maximum atomic E-state index is 9.79. The predicted octanol–water partition coefficient (Wildman–Crippen LogP) is 2.03. The Kier molecular flexibility index (Phi) is 6.45. The summed E-state index contributed by atoms with van der Waals surface area (Å²) in [6.45, 7) is 7.33. The molecule has 5 heteroatoms. The molecule has 0 unspecified atom stereocenters. The zero-order valence-electron chi connectivity index (χ0n) is 12.8. The Morgan fingerprint density at radius 1 is 1.19 bits per heavy atom. The molecule has 1 aliphatic rings. The number of aliphatic hydroxyl groups excluding tert-OH is 1. The third kappa shape index (κ3) is 4.94. The number of piperazine rings is 1. The van der Waals surface area contributed by atoms with E-state index in [4.69, 9.17) is 16.3 Å². The van der Waals surface area contributed by atoms with E-state index in [1.54, 1.807) is 7.11 Å². The van der Waals surface area contributed by atoms with Crippen LogP contribution in [0.4, 0.5) is 0 Å². The Bertz CT molecular complexity index is 419. The number of halogens is 1. The van der Waals surface area contributed by atoms with Crippen molar-refractivity contribution >= 4 is 11.6 Å². The molecule has 0 saturated carbocycles. The highest BCUT2D eigenvalue weighted by Gasteiger charge is 2.23. The van der Waals surface area contributed by atoms with Gasteiger partial charge in [0.15, 0.2) is 0 Å². The summed E-state index contributed by atoms with van der Waals surface area (Å²) in [5.74, 6) is 0. The molecule has 1 heterocycles. The third-order valence-electron chi connectivity index (χ3n) is 4.14. The molecule has 0 spiro atoms. The molecule has 1 saturated heterocycles. The maximum absolute atomic E-state index is 9.79. The Morgan fingerprint density at radius 2 is 1.81 bits per heavy atom. The van der Waals surface area contributed by atoms with Gasteiger partial charge in [0.1, 0.15) is 0 Å². The van der Waals surface area contributed by atoms with E-state index in [-0.39, 0.29) is 0 Å². The molecule has 4 nitrogen and oxygen atoms in total. The molecule has 0 amide bonds. The molecule has 2 rings (SSSR count). The van der Waals surface area contributed by atoms with Crippen molar-refractivity contribution in [2.75, 3.05) is 46.4 Å². The number of benzene rings is 1. The summed E-state index contributed by atoms with van der Waals surface area (Å²) in [6, 6.07) is 8.49. The normalized spacial score (nSPS) is 20.4. The molecule has 2 atom stereocenters. The lowest BCUT2D eigenvalue weighted by Gasteiger charge is -2.38. The minimum Gasteiger partial charge on any atom is -0.389 e. The van der Waals surface area contributed by atoms with Crippen LogP contribution in [0, 0.1) is 0 Å². The van der Waals surface area contributed by atoms with Crippen molar-refractivity contribution in [3.63, 3.8) is 0 Å². The summed E-state index contributed by atoms with van der Waals surface area (Å²) in [7, 11) is 1.62. The lowest BCUT2D eigenvalue weighted by atomic mass is 10.1. The van der Waals surface area contributed by atoms with Crippen molar-refractivity contribution in [2.45, 2.75) is 19.1 Å². The minimum atomic E-state index is -0.393. The van der Waals surface area contributed by atoms with Gasteiger partial charge in [-0.2, -0.15) is 0 Å². The Balaban J connectivity index is 1.81. The highest BCUT2D eigenvalue weighted by molar-refractivity contribution is 6.30. The van der Waals surface area contributed by atoms with E-state index >= 15 is 0 Å². The van der Waals surface area contributed by atoms with Crippen LogP contribution in [0.1, 0.15) is 18.5 Å². The molecule has 1 aliphatic heterocycles. The molecule has 1 fully saturated rings. The van der Waals surface area contributed by atoms with Gasteiger partial charge in [-0.15, -0.1) is 0 Å². The highest BCUT2D eigenvalue weighted by Crippen LogP contribution is 2.23. The molecule has 1 aromatic rings. The quantitative estimate of drug-likeness (QED) is 0.872. The van der Waals surface area contributed by atoms with Crippen LogP contribution in [0.5, 0.6) is 0 Å². The Hall–Kier alpha value is -0.650. The number of aliphatic hydroxyl groups is 1. The van der Waals surface area contributed by atoms with Gasteiger partial charge in [0.25, 0.3) is 0 Å². The van der Waals surface area contributed by atoms with Gasteiger partial charge in [-0.25, -0.2) is 0 Å². The summed E-state index contributed by atoms with van der Waals surface area (Å²) in [6.07, 6.45) is -0.393. The van der Waals surface area contributed by atoms with E-state index < -0.39 is 6.10 Å². The summed E-state index contributed by atoms with van der Waals surface area (Å²) in [5, 5.41) is 10.6. The van der Waals surface area contributed by atoms with Crippen molar-refractivity contribution in [1.82, 2.24) is 9.80 Å². The standard InChI is InChI=1S/C16H25ClN2O2/c1-13(14-3-5-15(17)6-4-14)19-9-7-18(8-10-19)11-16(20)12-21-2/h3-6,13,16,20H,7-12H2,1-2H3/t13-,16-/m0/s1. The van der Waals surface area contributed by atoms with Gasteiger partial charge in [0, 0.05) is 50.9 Å². The van der Waals surface area contributed by atoms with Crippen LogP contribution in [0.15, 0.2) is 24.3 Å². The number of ether oxygens (including phenoxy) is 1. The van der Waals surface area contributed by atoms with Crippen LogP contribution < -0.4 is 0 Å². The average molecular weight is 313 g/mol. The first kappa shape index (κ1) is 16.7. The average Bonchev–Trinajstić information content (AvgIpc) is 2.48. The van der Waals surface area contributed by atoms with Crippen LogP contribution in [0.2, 0.25) is 5.02 Å². The summed E-state index contributed by atoms with van der Waals surface area (Å²) in [5.41, 5.74) is 1.30. The van der Waals surface area contributed by atoms with Crippen LogP contribution in [0.25, 0.3) is 0 Å². The number of nitrogens with zero attached hydrogens (tertiary/aromatic N) is 2. The first-order valence-electron chi connectivity index (χ1n) is 7.49. The second-order valence-corrected chi connectivity index (χ2v) is 6.11. The van der Waals surface area contributed by atoms with E-state index in [1.807, 2.05) is 12.1 Å². The van der Waals surface area contributed by atoms with E-state index in [0.29, 0.717) is 19.2 Å². The molecule has 0 aromatic heterocycles. The summed E-state index contributed by atoms with van der Waals surface area (Å²) < 4.78 is 4.97. The Labute approximate surface area is 132 Å². The predicted molar refractivity (Wildman–Crippen MR) is 85.8 cm³/mol. The number of hydrogen-bond acceptors (Lipinski definition) is 4. The van der Waals surface area contributed by atoms with Gasteiger partial charge >= 0.3 is 0 Å². The van der Waals surface area contributed by atoms with Crippen molar-refractivity contribution in [1.29, 1.82) is 0 Å². The lowest BCUT2D eigenvalue weighted by Crippen LogP contribution is -2.49. The molecule has 1 N–H and O–H groups in total. The fourth-order valence-electron chi connectivity index (χ4n) is 2.83. The molecular formula is C16H25ClN2O2. The highest BCUT2D eigenvalue weighted by atomic mass is 35.5. The van der Waals surface area contributed by atoms with Crippen LogP contribution in [0.3, 0.4) is 0 Å². The molecule has 118 valence electrons. The number of β-amino-alcohol motifs (C(OH)–C–C–N with tert-alkyl or cyclic N) is 1. The zero-order valence-corrected chi connectivity index (χ0v) is 13.6. The van der Waals surface area contributed by atoms with Gasteiger partial charge in [0.2, 0.25) is 0 Å². The minimum absolute atomic E-state index is 0.393. The summed E-state index contributed by atoms with van der Waals surface area (Å²) >= 11 is 5.94.